The average Bonchev–Trinajstić information content (AvgIpc) is 2.73. The van der Waals surface area contributed by atoms with E-state index in [0.29, 0.717) is 31.7 Å². The van der Waals surface area contributed by atoms with Crippen molar-refractivity contribution in [2.75, 3.05) is 31.1 Å². The van der Waals surface area contributed by atoms with E-state index in [0.717, 1.165) is 17.1 Å². The zero-order valence-electron chi connectivity index (χ0n) is 16.0. The summed E-state index contributed by atoms with van der Waals surface area (Å²) in [6.07, 6.45) is 1.57. The van der Waals surface area contributed by atoms with Gasteiger partial charge in [-0.3, -0.25) is 4.79 Å². The number of rotatable bonds is 3. The molecule has 1 aromatic heterocycles. The van der Waals surface area contributed by atoms with Crippen molar-refractivity contribution >= 4 is 23.3 Å². The van der Waals surface area contributed by atoms with Crippen LogP contribution in [-0.2, 0) is 0 Å². The first-order valence-electron chi connectivity index (χ1n) is 9.39. The molecule has 3 aromatic rings. The molecule has 1 aliphatic heterocycles. The number of halogens is 2. The molecular weight excluding hydrogens is 391 g/mol. The van der Waals surface area contributed by atoms with Crippen molar-refractivity contribution in [3.05, 3.63) is 76.8 Å². The lowest BCUT2D eigenvalue weighted by Crippen LogP contribution is -2.49. The van der Waals surface area contributed by atoms with Gasteiger partial charge in [-0.25, -0.2) is 14.4 Å². The van der Waals surface area contributed by atoms with Crippen LogP contribution in [0, 0.1) is 12.7 Å². The van der Waals surface area contributed by atoms with Crippen LogP contribution < -0.4 is 4.90 Å². The number of hydrogen-bond donors (Lipinski definition) is 0. The van der Waals surface area contributed by atoms with E-state index < -0.39 is 5.82 Å². The fraction of sp³-hybridized carbons (Fsp3) is 0.227. The second-order valence-corrected chi connectivity index (χ2v) is 7.44. The first-order valence-corrected chi connectivity index (χ1v) is 9.77. The van der Waals surface area contributed by atoms with Crippen molar-refractivity contribution < 1.29 is 9.18 Å². The van der Waals surface area contributed by atoms with Gasteiger partial charge in [0.05, 0.1) is 16.3 Å². The molecule has 0 aliphatic carbocycles. The minimum absolute atomic E-state index is 0.135. The van der Waals surface area contributed by atoms with Crippen molar-refractivity contribution in [3.63, 3.8) is 0 Å². The van der Waals surface area contributed by atoms with Gasteiger partial charge in [0, 0.05) is 37.8 Å². The summed E-state index contributed by atoms with van der Waals surface area (Å²) in [5.74, 6) is 0.200. The minimum atomic E-state index is -0.454. The Morgan fingerprint density at radius 3 is 2.55 bits per heavy atom. The first-order chi connectivity index (χ1) is 14.0. The van der Waals surface area contributed by atoms with E-state index in [-0.39, 0.29) is 10.9 Å². The Kier molecular flexibility index (Phi) is 5.45. The lowest BCUT2D eigenvalue weighted by Gasteiger charge is -2.35. The van der Waals surface area contributed by atoms with Gasteiger partial charge in [0.1, 0.15) is 18.0 Å². The Morgan fingerprint density at radius 1 is 1.03 bits per heavy atom. The van der Waals surface area contributed by atoms with Crippen molar-refractivity contribution in [2.45, 2.75) is 6.92 Å². The number of hydrogen-bond acceptors (Lipinski definition) is 4. The maximum Gasteiger partial charge on any atom is 0.255 e. The lowest BCUT2D eigenvalue weighted by molar-refractivity contribution is 0.0746. The Labute approximate surface area is 173 Å². The van der Waals surface area contributed by atoms with Gasteiger partial charge in [0.2, 0.25) is 0 Å². The van der Waals surface area contributed by atoms with Gasteiger partial charge >= 0.3 is 0 Å². The first kappa shape index (κ1) is 19.3. The molecule has 0 atom stereocenters. The van der Waals surface area contributed by atoms with E-state index in [2.05, 4.69) is 33.9 Å². The molecule has 0 bridgehead atoms. The average molecular weight is 411 g/mol. The number of carbonyl (C=O) groups is 1. The predicted molar refractivity (Wildman–Crippen MR) is 112 cm³/mol. The highest BCUT2D eigenvalue weighted by molar-refractivity contribution is 6.33. The summed E-state index contributed by atoms with van der Waals surface area (Å²) >= 11 is 6.04. The third-order valence-electron chi connectivity index (χ3n) is 5.02. The summed E-state index contributed by atoms with van der Waals surface area (Å²) in [6, 6.07) is 14.0. The van der Waals surface area contributed by atoms with Crippen LogP contribution in [0.1, 0.15) is 15.9 Å². The molecule has 2 aromatic carbocycles. The maximum atomic E-state index is 13.2. The molecule has 5 nitrogen and oxygen atoms in total. The van der Waals surface area contributed by atoms with Crippen molar-refractivity contribution in [1.82, 2.24) is 14.9 Å². The molecule has 1 fully saturated rings. The van der Waals surface area contributed by atoms with Crippen LogP contribution in [0.15, 0.2) is 54.9 Å². The maximum absolute atomic E-state index is 13.2. The number of anilines is 1. The van der Waals surface area contributed by atoms with E-state index in [1.165, 1.54) is 23.8 Å². The molecule has 0 radical (unpaired) electrons. The van der Waals surface area contributed by atoms with E-state index >= 15 is 0 Å². The van der Waals surface area contributed by atoms with Crippen LogP contribution in [0.25, 0.3) is 11.3 Å². The summed E-state index contributed by atoms with van der Waals surface area (Å²) < 4.78 is 13.2. The molecule has 7 heteroatoms. The number of amides is 1. The molecular formula is C22H20ClFN4O. The fourth-order valence-electron chi connectivity index (χ4n) is 3.45. The molecule has 1 aliphatic rings. The largest absolute Gasteiger partial charge is 0.353 e. The molecule has 4 rings (SSSR count). The highest BCUT2D eigenvalue weighted by Gasteiger charge is 2.24. The van der Waals surface area contributed by atoms with Gasteiger partial charge in [-0.2, -0.15) is 0 Å². The van der Waals surface area contributed by atoms with E-state index in [9.17, 15) is 9.18 Å². The van der Waals surface area contributed by atoms with Gasteiger partial charge in [0.25, 0.3) is 5.91 Å². The highest BCUT2D eigenvalue weighted by Crippen LogP contribution is 2.24. The molecule has 0 unspecified atom stereocenters. The number of piperazine rings is 1. The van der Waals surface area contributed by atoms with Crippen LogP contribution in [0.2, 0.25) is 5.02 Å². The molecule has 29 heavy (non-hydrogen) atoms. The summed E-state index contributed by atoms with van der Waals surface area (Å²) in [7, 11) is 0. The number of benzene rings is 2. The van der Waals surface area contributed by atoms with Crippen LogP contribution in [0.4, 0.5) is 10.2 Å². The van der Waals surface area contributed by atoms with Crippen LogP contribution >= 0.6 is 11.6 Å². The smallest absolute Gasteiger partial charge is 0.255 e. The molecule has 1 amide bonds. The molecule has 2 heterocycles. The van der Waals surface area contributed by atoms with E-state index in [1.54, 1.807) is 11.2 Å². The summed E-state index contributed by atoms with van der Waals surface area (Å²) in [5.41, 5.74) is 3.42. The third-order valence-corrected chi connectivity index (χ3v) is 5.33. The number of carbonyl (C=O) groups excluding carboxylic acids is 1. The second kappa shape index (κ2) is 8.17. The number of nitrogens with zero attached hydrogens (tertiary/aromatic N) is 4. The van der Waals surface area contributed by atoms with Crippen LogP contribution in [0.3, 0.4) is 0 Å². The van der Waals surface area contributed by atoms with Gasteiger partial charge in [-0.1, -0.05) is 35.4 Å². The Balaban J connectivity index is 1.46. The molecule has 0 N–H and O–H groups in total. The van der Waals surface area contributed by atoms with Crippen molar-refractivity contribution in [2.24, 2.45) is 0 Å². The highest BCUT2D eigenvalue weighted by atomic mass is 35.5. The molecule has 0 saturated carbocycles. The van der Waals surface area contributed by atoms with Gasteiger partial charge in [-0.05, 0) is 31.2 Å². The SMILES string of the molecule is Cc1cccc(-c2cc(N3CCN(C(=O)c4ccc(F)cc4Cl)CC3)ncn2)c1. The van der Waals surface area contributed by atoms with E-state index in [1.807, 2.05) is 18.2 Å². The quantitative estimate of drug-likeness (QED) is 0.649. The standard InChI is InChI=1S/C22H20ClFN4O/c1-15-3-2-4-16(11-15)20-13-21(26-14-25-20)27-7-9-28(10-8-27)22(29)18-6-5-17(24)12-19(18)23/h2-6,11-14H,7-10H2,1H3. The zero-order chi connectivity index (χ0) is 20.4. The summed E-state index contributed by atoms with van der Waals surface area (Å²) in [4.78, 5) is 25.4. The Morgan fingerprint density at radius 2 is 1.83 bits per heavy atom. The summed E-state index contributed by atoms with van der Waals surface area (Å²) in [5, 5.41) is 0.135. The van der Waals surface area contributed by atoms with Gasteiger partial charge in [-0.15, -0.1) is 0 Å². The summed E-state index contributed by atoms with van der Waals surface area (Å²) in [6.45, 7) is 4.42. The van der Waals surface area contributed by atoms with Gasteiger partial charge in [0.15, 0.2) is 0 Å². The van der Waals surface area contributed by atoms with Crippen LogP contribution in [0.5, 0.6) is 0 Å². The van der Waals surface area contributed by atoms with E-state index in [4.69, 9.17) is 11.6 Å². The Hall–Kier alpha value is -2.99. The third kappa shape index (κ3) is 4.22. The topological polar surface area (TPSA) is 49.3 Å². The molecule has 148 valence electrons. The normalized spacial score (nSPS) is 14.2. The molecule has 1 saturated heterocycles. The number of aryl methyl sites for hydroxylation is 1. The minimum Gasteiger partial charge on any atom is -0.353 e. The lowest BCUT2D eigenvalue weighted by atomic mass is 10.1. The van der Waals surface area contributed by atoms with Gasteiger partial charge < -0.3 is 9.80 Å². The van der Waals surface area contributed by atoms with Crippen LogP contribution in [-0.4, -0.2) is 47.0 Å². The van der Waals surface area contributed by atoms with Crippen molar-refractivity contribution in [3.8, 4) is 11.3 Å². The molecule has 0 spiro atoms. The fourth-order valence-corrected chi connectivity index (χ4v) is 3.70. The second-order valence-electron chi connectivity index (χ2n) is 7.03. The number of aromatic nitrogens is 2. The zero-order valence-corrected chi connectivity index (χ0v) is 16.7. The predicted octanol–water partition coefficient (Wildman–Crippen LogP) is 4.21. The Bertz CT molecular complexity index is 1050. The monoisotopic (exact) mass is 410 g/mol. The van der Waals surface area contributed by atoms with Crippen molar-refractivity contribution in [1.29, 1.82) is 0 Å².